The van der Waals surface area contributed by atoms with E-state index >= 15 is 0 Å². The van der Waals surface area contributed by atoms with Crippen LogP contribution >= 0.6 is 0 Å². The van der Waals surface area contributed by atoms with Gasteiger partial charge in [-0.2, -0.15) is 5.26 Å². The number of nitriles is 1. The van der Waals surface area contributed by atoms with Crippen molar-refractivity contribution >= 4 is 5.91 Å². The first-order chi connectivity index (χ1) is 10.2. The standard InChI is InChI=1S/C17H21N3O/c18-12-14-3-1-4-15(11-14)13-20-10-2-5-17(16(20)21)6-8-19-9-7-17/h1,3-4,11,19H,2,5-10,13H2. The zero-order chi connectivity index (χ0) is 14.7. The van der Waals surface area contributed by atoms with Crippen molar-refractivity contribution in [1.82, 2.24) is 10.2 Å². The van der Waals surface area contributed by atoms with Crippen molar-refractivity contribution in [2.45, 2.75) is 32.2 Å². The molecule has 0 aliphatic carbocycles. The minimum Gasteiger partial charge on any atom is -0.338 e. The van der Waals surface area contributed by atoms with E-state index in [1.165, 1.54) is 0 Å². The number of rotatable bonds is 2. The average molecular weight is 283 g/mol. The van der Waals surface area contributed by atoms with Gasteiger partial charge in [-0.3, -0.25) is 4.79 Å². The summed E-state index contributed by atoms with van der Waals surface area (Å²) in [4.78, 5) is 14.9. The molecular formula is C17H21N3O. The van der Waals surface area contributed by atoms with Crippen LogP contribution in [0, 0.1) is 16.7 Å². The number of nitrogens with zero attached hydrogens (tertiary/aromatic N) is 2. The van der Waals surface area contributed by atoms with Gasteiger partial charge in [-0.1, -0.05) is 12.1 Å². The van der Waals surface area contributed by atoms with Crippen molar-refractivity contribution < 1.29 is 4.79 Å². The van der Waals surface area contributed by atoms with Crippen LogP contribution in [-0.2, 0) is 11.3 Å². The van der Waals surface area contributed by atoms with E-state index in [-0.39, 0.29) is 5.41 Å². The third-order valence-corrected chi connectivity index (χ3v) is 4.81. The van der Waals surface area contributed by atoms with Gasteiger partial charge < -0.3 is 10.2 Å². The van der Waals surface area contributed by atoms with Crippen LogP contribution in [0.2, 0.25) is 0 Å². The molecule has 0 atom stereocenters. The Hall–Kier alpha value is -1.86. The highest BCUT2D eigenvalue weighted by atomic mass is 16.2. The maximum Gasteiger partial charge on any atom is 0.229 e. The summed E-state index contributed by atoms with van der Waals surface area (Å²) in [7, 11) is 0. The molecule has 2 aliphatic heterocycles. The van der Waals surface area contributed by atoms with E-state index in [1.54, 1.807) is 6.07 Å². The molecule has 1 spiro atoms. The van der Waals surface area contributed by atoms with Crippen LogP contribution in [0.15, 0.2) is 24.3 Å². The fourth-order valence-electron chi connectivity index (χ4n) is 3.63. The van der Waals surface area contributed by atoms with Crippen molar-refractivity contribution in [3.05, 3.63) is 35.4 Å². The lowest BCUT2D eigenvalue weighted by Gasteiger charge is -2.44. The van der Waals surface area contributed by atoms with Crippen molar-refractivity contribution in [3.8, 4) is 6.07 Å². The minimum atomic E-state index is -0.129. The molecule has 2 saturated heterocycles. The van der Waals surface area contributed by atoms with Gasteiger partial charge in [0.1, 0.15) is 0 Å². The second kappa shape index (κ2) is 5.87. The highest BCUT2D eigenvalue weighted by Gasteiger charge is 2.44. The van der Waals surface area contributed by atoms with Crippen LogP contribution in [-0.4, -0.2) is 30.4 Å². The molecule has 2 heterocycles. The molecule has 0 radical (unpaired) electrons. The maximum absolute atomic E-state index is 12.9. The lowest BCUT2D eigenvalue weighted by atomic mass is 9.72. The SMILES string of the molecule is N#Cc1cccc(CN2CCCC3(CCNCC3)C2=O)c1. The van der Waals surface area contributed by atoms with Crippen LogP contribution in [0.3, 0.4) is 0 Å². The number of hydrogen-bond acceptors (Lipinski definition) is 3. The second-order valence-electron chi connectivity index (χ2n) is 6.17. The zero-order valence-electron chi connectivity index (χ0n) is 12.3. The molecule has 21 heavy (non-hydrogen) atoms. The molecule has 2 fully saturated rings. The van der Waals surface area contributed by atoms with Crippen LogP contribution in [0.1, 0.15) is 36.8 Å². The summed E-state index contributed by atoms with van der Waals surface area (Å²) in [6, 6.07) is 9.74. The lowest BCUT2D eigenvalue weighted by Crippen LogP contribution is -2.52. The first-order valence-electron chi connectivity index (χ1n) is 7.73. The number of benzene rings is 1. The maximum atomic E-state index is 12.9. The van der Waals surface area contributed by atoms with Gasteiger partial charge in [-0.15, -0.1) is 0 Å². The van der Waals surface area contributed by atoms with E-state index in [0.29, 0.717) is 18.0 Å². The van der Waals surface area contributed by atoms with Gasteiger partial charge in [-0.05, 0) is 56.5 Å². The number of carbonyl (C=O) groups excluding carboxylic acids is 1. The highest BCUT2D eigenvalue weighted by molar-refractivity contribution is 5.83. The van der Waals surface area contributed by atoms with Crippen molar-refractivity contribution in [2.24, 2.45) is 5.41 Å². The van der Waals surface area contributed by atoms with E-state index < -0.39 is 0 Å². The average Bonchev–Trinajstić information content (AvgIpc) is 2.53. The Labute approximate surface area is 125 Å². The number of nitrogens with one attached hydrogen (secondary N) is 1. The number of likely N-dealkylation sites (tertiary alicyclic amines) is 1. The van der Waals surface area contributed by atoms with Crippen LogP contribution < -0.4 is 5.32 Å². The Balaban J connectivity index is 1.75. The van der Waals surface area contributed by atoms with Gasteiger partial charge in [-0.25, -0.2) is 0 Å². The lowest BCUT2D eigenvalue weighted by molar-refractivity contribution is -0.149. The van der Waals surface area contributed by atoms with Gasteiger partial charge in [0.05, 0.1) is 17.0 Å². The largest absolute Gasteiger partial charge is 0.338 e. The topological polar surface area (TPSA) is 56.1 Å². The molecule has 1 aromatic rings. The van der Waals surface area contributed by atoms with Gasteiger partial charge in [0.15, 0.2) is 0 Å². The summed E-state index contributed by atoms with van der Waals surface area (Å²) >= 11 is 0. The molecule has 0 bridgehead atoms. The minimum absolute atomic E-state index is 0.129. The quantitative estimate of drug-likeness (QED) is 0.903. The summed E-state index contributed by atoms with van der Waals surface area (Å²) in [5, 5.41) is 12.3. The first kappa shape index (κ1) is 14.1. The Bertz CT molecular complexity index is 564. The van der Waals surface area contributed by atoms with E-state index in [0.717, 1.165) is 50.9 Å². The molecule has 0 unspecified atom stereocenters. The zero-order valence-corrected chi connectivity index (χ0v) is 12.3. The predicted octanol–water partition coefficient (Wildman–Crippen LogP) is 2.05. The van der Waals surface area contributed by atoms with E-state index in [9.17, 15) is 4.79 Å². The van der Waals surface area contributed by atoms with Gasteiger partial charge >= 0.3 is 0 Å². The van der Waals surface area contributed by atoms with Crippen LogP contribution in [0.5, 0.6) is 0 Å². The molecule has 1 N–H and O–H groups in total. The number of hydrogen-bond donors (Lipinski definition) is 1. The van der Waals surface area contributed by atoms with Crippen molar-refractivity contribution in [1.29, 1.82) is 5.26 Å². The molecule has 0 aromatic heterocycles. The molecule has 4 nitrogen and oxygen atoms in total. The molecular weight excluding hydrogens is 262 g/mol. The third-order valence-electron chi connectivity index (χ3n) is 4.81. The molecule has 1 amide bonds. The molecule has 4 heteroatoms. The fraction of sp³-hybridized carbons (Fsp3) is 0.529. The molecule has 1 aromatic carbocycles. The van der Waals surface area contributed by atoms with Crippen LogP contribution in [0.4, 0.5) is 0 Å². The summed E-state index contributed by atoms with van der Waals surface area (Å²) in [5.74, 6) is 0.317. The van der Waals surface area contributed by atoms with Crippen LogP contribution in [0.25, 0.3) is 0 Å². The molecule has 3 rings (SSSR count). The number of piperidine rings is 2. The van der Waals surface area contributed by atoms with Gasteiger partial charge in [0, 0.05) is 13.1 Å². The highest BCUT2D eigenvalue weighted by Crippen LogP contribution is 2.39. The number of carbonyl (C=O) groups is 1. The summed E-state index contributed by atoms with van der Waals surface area (Å²) in [6.07, 6.45) is 4.03. The molecule has 0 saturated carbocycles. The first-order valence-corrected chi connectivity index (χ1v) is 7.73. The predicted molar refractivity (Wildman–Crippen MR) is 80.3 cm³/mol. The summed E-state index contributed by atoms with van der Waals surface area (Å²) in [5.41, 5.74) is 1.58. The van der Waals surface area contributed by atoms with Crippen molar-refractivity contribution in [2.75, 3.05) is 19.6 Å². The van der Waals surface area contributed by atoms with Gasteiger partial charge in [0.2, 0.25) is 5.91 Å². The van der Waals surface area contributed by atoms with E-state index in [4.69, 9.17) is 5.26 Å². The summed E-state index contributed by atoms with van der Waals surface area (Å²) < 4.78 is 0. The molecule has 110 valence electrons. The summed E-state index contributed by atoms with van der Waals surface area (Å²) in [6.45, 7) is 3.36. The Morgan fingerprint density at radius 1 is 1.29 bits per heavy atom. The Morgan fingerprint density at radius 2 is 2.10 bits per heavy atom. The smallest absolute Gasteiger partial charge is 0.229 e. The molecule has 2 aliphatic rings. The normalized spacial score (nSPS) is 21.3. The van der Waals surface area contributed by atoms with Gasteiger partial charge in [0.25, 0.3) is 0 Å². The Kier molecular flexibility index (Phi) is 3.94. The van der Waals surface area contributed by atoms with E-state index in [1.807, 2.05) is 23.1 Å². The fourth-order valence-corrected chi connectivity index (χ4v) is 3.63. The van der Waals surface area contributed by atoms with Crippen molar-refractivity contribution in [3.63, 3.8) is 0 Å². The second-order valence-corrected chi connectivity index (χ2v) is 6.17. The Morgan fingerprint density at radius 3 is 2.86 bits per heavy atom. The monoisotopic (exact) mass is 283 g/mol. The number of amides is 1. The third kappa shape index (κ3) is 2.79. The van der Waals surface area contributed by atoms with E-state index in [2.05, 4.69) is 11.4 Å².